The predicted octanol–water partition coefficient (Wildman–Crippen LogP) is 4.31. The van der Waals surface area contributed by atoms with Crippen LogP contribution in [0, 0.1) is 0 Å². The number of aromatic nitrogens is 1. The monoisotopic (exact) mass is 266 g/mol. The van der Waals surface area contributed by atoms with Gasteiger partial charge >= 0.3 is 0 Å². The molecule has 0 spiro atoms. The summed E-state index contributed by atoms with van der Waals surface area (Å²) in [5.41, 5.74) is 4.99. The molecule has 0 fully saturated rings. The second-order valence-electron chi connectivity index (χ2n) is 3.71. The Labute approximate surface area is 111 Å². The molecule has 0 saturated carbocycles. The van der Waals surface area contributed by atoms with Crippen LogP contribution in [0.5, 0.6) is 0 Å². The maximum Gasteiger partial charge on any atom is 0.0811 e. The van der Waals surface area contributed by atoms with E-state index in [9.17, 15) is 0 Å². The van der Waals surface area contributed by atoms with Crippen LogP contribution in [0.4, 0.5) is 5.69 Å². The van der Waals surface area contributed by atoms with Gasteiger partial charge in [0.05, 0.1) is 21.9 Å². The molecule has 0 unspecified atom stereocenters. The summed E-state index contributed by atoms with van der Waals surface area (Å²) < 4.78 is 0. The number of hydrogen-bond donors (Lipinski definition) is 0. The van der Waals surface area contributed by atoms with Gasteiger partial charge in [-0.2, -0.15) is 0 Å². The van der Waals surface area contributed by atoms with E-state index in [0.717, 1.165) is 35.1 Å². The fourth-order valence-electron chi connectivity index (χ4n) is 1.84. The summed E-state index contributed by atoms with van der Waals surface area (Å²) in [6, 6.07) is 6.14. The molecular weight excluding hydrogens is 252 g/mol. The molecule has 1 aromatic heterocycles. The molecule has 0 aliphatic heterocycles. The lowest BCUT2D eigenvalue weighted by atomic mass is 10.1. The Morgan fingerprint density at radius 2 is 2.06 bits per heavy atom. The molecule has 0 radical (unpaired) electrons. The van der Waals surface area contributed by atoms with Crippen molar-refractivity contribution in [3.8, 4) is 11.3 Å². The van der Waals surface area contributed by atoms with Crippen LogP contribution >= 0.6 is 22.9 Å². The van der Waals surface area contributed by atoms with Crippen molar-refractivity contribution < 1.29 is 0 Å². The van der Waals surface area contributed by atoms with Crippen LogP contribution in [0.15, 0.2) is 29.1 Å². The molecule has 0 N–H and O–H groups in total. The number of hydrogen-bond acceptors (Lipinski definition) is 3. The SMILES string of the molecule is CCN(CC)c1ccc(-c2cscn2)cc1Cl. The van der Waals surface area contributed by atoms with Crippen LogP contribution in [0.1, 0.15) is 13.8 Å². The van der Waals surface area contributed by atoms with Gasteiger partial charge in [-0.25, -0.2) is 4.98 Å². The molecule has 0 aliphatic rings. The summed E-state index contributed by atoms with van der Waals surface area (Å²) in [6.07, 6.45) is 0. The zero-order chi connectivity index (χ0) is 12.3. The maximum absolute atomic E-state index is 6.33. The summed E-state index contributed by atoms with van der Waals surface area (Å²) in [5, 5.41) is 2.82. The van der Waals surface area contributed by atoms with E-state index >= 15 is 0 Å². The Hall–Kier alpha value is -1.06. The van der Waals surface area contributed by atoms with E-state index in [1.54, 1.807) is 11.3 Å². The first kappa shape index (κ1) is 12.4. The highest BCUT2D eigenvalue weighted by molar-refractivity contribution is 7.07. The lowest BCUT2D eigenvalue weighted by molar-refractivity contribution is 0.866. The van der Waals surface area contributed by atoms with Crippen molar-refractivity contribution in [3.63, 3.8) is 0 Å². The second-order valence-corrected chi connectivity index (χ2v) is 4.84. The first-order valence-corrected chi connectivity index (χ1v) is 7.01. The van der Waals surface area contributed by atoms with E-state index in [1.807, 2.05) is 17.0 Å². The van der Waals surface area contributed by atoms with Crippen molar-refractivity contribution in [2.75, 3.05) is 18.0 Å². The van der Waals surface area contributed by atoms with E-state index in [2.05, 4.69) is 35.9 Å². The predicted molar refractivity (Wildman–Crippen MR) is 76.1 cm³/mol. The molecule has 2 nitrogen and oxygen atoms in total. The first-order chi connectivity index (χ1) is 8.26. The normalized spacial score (nSPS) is 10.5. The van der Waals surface area contributed by atoms with Crippen molar-refractivity contribution in [2.45, 2.75) is 13.8 Å². The van der Waals surface area contributed by atoms with Gasteiger partial charge in [-0.15, -0.1) is 11.3 Å². The number of anilines is 1. The zero-order valence-electron chi connectivity index (χ0n) is 9.98. The molecule has 0 bridgehead atoms. The Morgan fingerprint density at radius 3 is 2.59 bits per heavy atom. The minimum absolute atomic E-state index is 0.791. The lowest BCUT2D eigenvalue weighted by Gasteiger charge is -2.22. The molecular formula is C13H15ClN2S. The van der Waals surface area contributed by atoms with Crippen LogP contribution in [-0.4, -0.2) is 18.1 Å². The minimum Gasteiger partial charge on any atom is -0.371 e. The van der Waals surface area contributed by atoms with E-state index in [-0.39, 0.29) is 0 Å². The molecule has 0 atom stereocenters. The largest absolute Gasteiger partial charge is 0.371 e. The van der Waals surface area contributed by atoms with Crippen molar-refractivity contribution in [3.05, 3.63) is 34.1 Å². The number of nitrogens with zero attached hydrogens (tertiary/aromatic N) is 2. The molecule has 1 heterocycles. The third kappa shape index (κ3) is 2.61. The standard InChI is InChI=1S/C13H15ClN2S/c1-3-16(4-2)13-6-5-10(7-11(13)14)12-8-17-9-15-12/h5-9H,3-4H2,1-2H3. The molecule has 0 amide bonds. The van der Waals surface area contributed by atoms with Crippen LogP contribution in [0.3, 0.4) is 0 Å². The van der Waals surface area contributed by atoms with Gasteiger partial charge in [-0.05, 0) is 26.0 Å². The van der Waals surface area contributed by atoms with Crippen LogP contribution in [0.2, 0.25) is 5.02 Å². The van der Waals surface area contributed by atoms with Gasteiger partial charge in [0.2, 0.25) is 0 Å². The fraction of sp³-hybridized carbons (Fsp3) is 0.308. The third-order valence-corrected chi connectivity index (χ3v) is 3.67. The van der Waals surface area contributed by atoms with Crippen molar-refractivity contribution in [1.82, 2.24) is 4.98 Å². The first-order valence-electron chi connectivity index (χ1n) is 5.69. The Morgan fingerprint density at radius 1 is 1.29 bits per heavy atom. The summed E-state index contributed by atoms with van der Waals surface area (Å²) >= 11 is 7.93. The van der Waals surface area contributed by atoms with E-state index in [4.69, 9.17) is 11.6 Å². The minimum atomic E-state index is 0.791. The summed E-state index contributed by atoms with van der Waals surface area (Å²) in [7, 11) is 0. The van der Waals surface area contributed by atoms with Crippen molar-refractivity contribution >= 4 is 28.6 Å². The van der Waals surface area contributed by atoms with Gasteiger partial charge in [-0.1, -0.05) is 17.7 Å². The maximum atomic E-state index is 6.33. The van der Waals surface area contributed by atoms with Gasteiger partial charge in [-0.3, -0.25) is 0 Å². The molecule has 2 aromatic rings. The van der Waals surface area contributed by atoms with Gasteiger partial charge in [0.15, 0.2) is 0 Å². The summed E-state index contributed by atoms with van der Waals surface area (Å²) in [6.45, 7) is 6.20. The van der Waals surface area contributed by atoms with Crippen LogP contribution in [0.25, 0.3) is 11.3 Å². The van der Waals surface area contributed by atoms with Gasteiger partial charge in [0, 0.05) is 24.0 Å². The molecule has 0 saturated heterocycles. The molecule has 90 valence electrons. The average molecular weight is 267 g/mol. The van der Waals surface area contributed by atoms with Gasteiger partial charge in [0.25, 0.3) is 0 Å². The number of thiazole rings is 1. The third-order valence-electron chi connectivity index (χ3n) is 2.78. The molecule has 1 aromatic carbocycles. The summed E-state index contributed by atoms with van der Waals surface area (Å²) in [5.74, 6) is 0. The number of benzene rings is 1. The molecule has 2 rings (SSSR count). The summed E-state index contributed by atoms with van der Waals surface area (Å²) in [4.78, 5) is 6.53. The van der Waals surface area contributed by atoms with Gasteiger partial charge < -0.3 is 4.90 Å². The van der Waals surface area contributed by atoms with E-state index in [1.165, 1.54) is 0 Å². The van der Waals surface area contributed by atoms with Crippen molar-refractivity contribution in [2.24, 2.45) is 0 Å². The zero-order valence-corrected chi connectivity index (χ0v) is 11.6. The van der Waals surface area contributed by atoms with Crippen molar-refractivity contribution in [1.29, 1.82) is 0 Å². The van der Waals surface area contributed by atoms with Crippen LogP contribution in [-0.2, 0) is 0 Å². The second kappa shape index (κ2) is 5.52. The lowest BCUT2D eigenvalue weighted by Crippen LogP contribution is -2.22. The number of rotatable bonds is 4. The highest BCUT2D eigenvalue weighted by Crippen LogP contribution is 2.30. The Kier molecular flexibility index (Phi) is 4.02. The topological polar surface area (TPSA) is 16.1 Å². The number of halogens is 1. The molecule has 0 aliphatic carbocycles. The van der Waals surface area contributed by atoms with E-state index in [0.29, 0.717) is 0 Å². The fourth-order valence-corrected chi connectivity index (χ4v) is 2.70. The molecule has 4 heteroatoms. The smallest absolute Gasteiger partial charge is 0.0811 e. The van der Waals surface area contributed by atoms with Gasteiger partial charge in [0.1, 0.15) is 0 Å². The van der Waals surface area contributed by atoms with Crippen LogP contribution < -0.4 is 4.90 Å². The molecule has 17 heavy (non-hydrogen) atoms. The highest BCUT2D eigenvalue weighted by Gasteiger charge is 2.09. The highest BCUT2D eigenvalue weighted by atomic mass is 35.5. The average Bonchev–Trinajstić information content (AvgIpc) is 2.86. The quantitative estimate of drug-likeness (QED) is 0.820. The van der Waals surface area contributed by atoms with E-state index < -0.39 is 0 Å². The Bertz CT molecular complexity index is 478. The Balaban J connectivity index is 2.35.